The molecule has 4 nitrogen and oxygen atoms in total. The topological polar surface area (TPSA) is 53.8 Å². The Morgan fingerprint density at radius 2 is 2.31 bits per heavy atom. The Morgan fingerprint density at radius 1 is 1.56 bits per heavy atom. The van der Waals surface area contributed by atoms with Crippen molar-refractivity contribution < 1.29 is 5.11 Å². The first-order chi connectivity index (χ1) is 7.65. The lowest BCUT2D eigenvalue weighted by molar-refractivity contribution is 0.268. The molecule has 0 atom stereocenters. The largest absolute Gasteiger partial charge is 0.388 e. The number of nitrogens with zero attached hydrogens (tertiary/aromatic N) is 2. The summed E-state index contributed by atoms with van der Waals surface area (Å²) in [6.07, 6.45) is 0. The normalized spacial score (nSPS) is 10.7. The van der Waals surface area contributed by atoms with E-state index in [1.54, 1.807) is 4.57 Å². The first-order valence-electron chi connectivity index (χ1n) is 4.67. The standard InChI is InChI=1S/C10H10ClN3OS/c1-6-7(11)3-2-4-8(6)14-9(5-15)12-13-10(14)16/h2-4,15H,5H2,1H3,(H,13,16). The van der Waals surface area contributed by atoms with Crippen molar-refractivity contribution >= 4 is 23.8 Å². The maximum atomic E-state index is 9.17. The third-order valence-corrected chi connectivity index (χ3v) is 3.05. The molecule has 2 N–H and O–H groups in total. The number of benzene rings is 1. The number of aromatic nitrogens is 3. The van der Waals surface area contributed by atoms with Gasteiger partial charge >= 0.3 is 0 Å². The number of hydrogen-bond donors (Lipinski definition) is 2. The van der Waals surface area contributed by atoms with Crippen LogP contribution in [0, 0.1) is 11.7 Å². The molecule has 2 aromatic rings. The zero-order valence-corrected chi connectivity index (χ0v) is 10.1. The lowest BCUT2D eigenvalue weighted by atomic mass is 10.2. The predicted molar refractivity (Wildman–Crippen MR) is 64.4 cm³/mol. The van der Waals surface area contributed by atoms with E-state index >= 15 is 0 Å². The summed E-state index contributed by atoms with van der Waals surface area (Å²) in [4.78, 5) is 0. The van der Waals surface area contributed by atoms with E-state index in [0.717, 1.165) is 11.3 Å². The molecule has 0 spiro atoms. The van der Waals surface area contributed by atoms with Crippen molar-refractivity contribution in [3.05, 3.63) is 39.4 Å². The highest BCUT2D eigenvalue weighted by molar-refractivity contribution is 7.71. The second-order valence-corrected chi connectivity index (χ2v) is 4.12. The molecule has 0 amide bonds. The molecule has 0 fully saturated rings. The molecule has 6 heteroatoms. The monoisotopic (exact) mass is 255 g/mol. The number of aliphatic hydroxyl groups excluding tert-OH is 1. The molecular formula is C10H10ClN3OS. The summed E-state index contributed by atoms with van der Waals surface area (Å²) in [6.45, 7) is 1.71. The van der Waals surface area contributed by atoms with Gasteiger partial charge in [0.15, 0.2) is 10.6 Å². The summed E-state index contributed by atoms with van der Waals surface area (Å²) < 4.78 is 2.12. The molecular weight excluding hydrogens is 246 g/mol. The average molecular weight is 256 g/mol. The van der Waals surface area contributed by atoms with Gasteiger partial charge in [0.1, 0.15) is 6.61 Å². The van der Waals surface area contributed by atoms with Crippen molar-refractivity contribution in [2.75, 3.05) is 0 Å². The highest BCUT2D eigenvalue weighted by atomic mass is 35.5. The van der Waals surface area contributed by atoms with Crippen LogP contribution < -0.4 is 0 Å². The Hall–Kier alpha value is -1.17. The molecule has 0 aliphatic carbocycles. The fraction of sp³-hybridized carbons (Fsp3) is 0.200. The number of aromatic amines is 1. The molecule has 0 aliphatic heterocycles. The van der Waals surface area contributed by atoms with E-state index in [4.69, 9.17) is 23.8 Å². The summed E-state index contributed by atoms with van der Waals surface area (Å²) in [6, 6.07) is 5.52. The van der Waals surface area contributed by atoms with Gasteiger partial charge < -0.3 is 5.11 Å². The van der Waals surface area contributed by atoms with Crippen LogP contribution in [0.5, 0.6) is 0 Å². The number of halogens is 1. The molecule has 0 saturated carbocycles. The number of nitrogens with one attached hydrogen (secondary N) is 1. The Morgan fingerprint density at radius 3 is 3.00 bits per heavy atom. The van der Waals surface area contributed by atoms with Crippen LogP contribution in [0.3, 0.4) is 0 Å². The van der Waals surface area contributed by atoms with Crippen LogP contribution in [0.4, 0.5) is 0 Å². The molecule has 2 rings (SSSR count). The molecule has 1 aromatic carbocycles. The van der Waals surface area contributed by atoms with E-state index in [0.29, 0.717) is 15.6 Å². The zero-order valence-electron chi connectivity index (χ0n) is 8.57. The van der Waals surface area contributed by atoms with Gasteiger partial charge in [-0.05, 0) is 36.8 Å². The average Bonchev–Trinajstić information content (AvgIpc) is 2.64. The number of H-pyrrole nitrogens is 1. The number of rotatable bonds is 2. The van der Waals surface area contributed by atoms with Crippen LogP contribution in [0.1, 0.15) is 11.4 Å². The summed E-state index contributed by atoms with van der Waals surface area (Å²) in [5, 5.41) is 16.4. The van der Waals surface area contributed by atoms with Crippen LogP contribution in [-0.4, -0.2) is 19.9 Å². The molecule has 0 radical (unpaired) electrons. The molecule has 84 valence electrons. The summed E-state index contributed by atoms with van der Waals surface area (Å²) in [5.74, 6) is 0.468. The first-order valence-corrected chi connectivity index (χ1v) is 5.46. The maximum absolute atomic E-state index is 9.17. The summed E-state index contributed by atoms with van der Waals surface area (Å²) >= 11 is 11.2. The van der Waals surface area contributed by atoms with Gasteiger partial charge in [-0.3, -0.25) is 9.67 Å². The first kappa shape index (κ1) is 11.3. The number of aliphatic hydroxyl groups is 1. The molecule has 0 bridgehead atoms. The third-order valence-electron chi connectivity index (χ3n) is 2.36. The van der Waals surface area contributed by atoms with Gasteiger partial charge in [0, 0.05) is 5.02 Å². The Bertz CT molecular complexity index is 576. The third kappa shape index (κ3) is 1.77. The van der Waals surface area contributed by atoms with E-state index in [9.17, 15) is 5.11 Å². The lowest BCUT2D eigenvalue weighted by Gasteiger charge is -2.09. The second kappa shape index (κ2) is 4.37. The van der Waals surface area contributed by atoms with Gasteiger partial charge in [-0.25, -0.2) is 0 Å². The highest BCUT2D eigenvalue weighted by Crippen LogP contribution is 2.23. The molecule has 1 aromatic heterocycles. The van der Waals surface area contributed by atoms with E-state index in [1.165, 1.54) is 0 Å². The van der Waals surface area contributed by atoms with Gasteiger partial charge in [-0.15, -0.1) is 0 Å². The van der Waals surface area contributed by atoms with Gasteiger partial charge in [-0.1, -0.05) is 17.7 Å². The highest BCUT2D eigenvalue weighted by Gasteiger charge is 2.10. The Balaban J connectivity index is 2.72. The van der Waals surface area contributed by atoms with E-state index in [1.807, 2.05) is 25.1 Å². The van der Waals surface area contributed by atoms with Crippen molar-refractivity contribution in [2.24, 2.45) is 0 Å². The van der Waals surface area contributed by atoms with E-state index < -0.39 is 0 Å². The molecule has 0 aliphatic rings. The summed E-state index contributed by atoms with van der Waals surface area (Å²) in [7, 11) is 0. The van der Waals surface area contributed by atoms with Gasteiger partial charge in [0.2, 0.25) is 0 Å². The maximum Gasteiger partial charge on any atom is 0.199 e. The van der Waals surface area contributed by atoms with E-state index in [2.05, 4.69) is 10.2 Å². The fourth-order valence-electron chi connectivity index (χ4n) is 1.52. The smallest absolute Gasteiger partial charge is 0.199 e. The van der Waals surface area contributed by atoms with Crippen LogP contribution >= 0.6 is 23.8 Å². The van der Waals surface area contributed by atoms with Crippen molar-refractivity contribution in [3.63, 3.8) is 0 Å². The zero-order chi connectivity index (χ0) is 11.7. The van der Waals surface area contributed by atoms with Crippen LogP contribution in [0.25, 0.3) is 5.69 Å². The minimum absolute atomic E-state index is 0.181. The molecule has 0 unspecified atom stereocenters. The van der Waals surface area contributed by atoms with Crippen molar-refractivity contribution in [1.82, 2.24) is 14.8 Å². The van der Waals surface area contributed by atoms with Crippen LogP contribution in [0.15, 0.2) is 18.2 Å². The van der Waals surface area contributed by atoms with E-state index in [-0.39, 0.29) is 6.61 Å². The Labute approximate surface area is 103 Å². The predicted octanol–water partition coefficient (Wildman–Crippen LogP) is 2.38. The van der Waals surface area contributed by atoms with Gasteiger partial charge in [-0.2, -0.15) is 5.10 Å². The van der Waals surface area contributed by atoms with Crippen LogP contribution in [-0.2, 0) is 6.61 Å². The minimum atomic E-state index is -0.181. The quantitative estimate of drug-likeness (QED) is 0.811. The fourth-order valence-corrected chi connectivity index (χ4v) is 1.94. The SMILES string of the molecule is Cc1c(Cl)cccc1-n1c(CO)n[nH]c1=S. The Kier molecular flexibility index (Phi) is 3.09. The molecule has 16 heavy (non-hydrogen) atoms. The van der Waals surface area contributed by atoms with Crippen LogP contribution in [0.2, 0.25) is 5.02 Å². The molecule has 1 heterocycles. The second-order valence-electron chi connectivity index (χ2n) is 3.32. The van der Waals surface area contributed by atoms with Gasteiger partial charge in [0.05, 0.1) is 5.69 Å². The minimum Gasteiger partial charge on any atom is -0.388 e. The van der Waals surface area contributed by atoms with Gasteiger partial charge in [0.25, 0.3) is 0 Å². The number of hydrogen-bond acceptors (Lipinski definition) is 3. The lowest BCUT2D eigenvalue weighted by Crippen LogP contribution is -2.03. The van der Waals surface area contributed by atoms with Crippen molar-refractivity contribution in [1.29, 1.82) is 0 Å². The van der Waals surface area contributed by atoms with Crippen molar-refractivity contribution in [2.45, 2.75) is 13.5 Å². The molecule has 0 saturated heterocycles. The van der Waals surface area contributed by atoms with Crippen molar-refractivity contribution in [3.8, 4) is 5.69 Å². The summed E-state index contributed by atoms with van der Waals surface area (Å²) in [5.41, 5.74) is 1.73.